The summed E-state index contributed by atoms with van der Waals surface area (Å²) in [4.78, 5) is 14.5. The molecule has 1 heterocycles. The average molecular weight is 322 g/mol. The van der Waals surface area contributed by atoms with Gasteiger partial charge in [0.05, 0.1) is 6.04 Å². The SMILES string of the molecule is O=C(O)CN(c1ccc(Cl)cc1)C(c1cccs1)C1CC1. The molecule has 0 saturated heterocycles. The maximum atomic E-state index is 11.3. The predicted molar refractivity (Wildman–Crippen MR) is 86.2 cm³/mol. The van der Waals surface area contributed by atoms with Crippen molar-refractivity contribution in [3.05, 3.63) is 51.7 Å². The van der Waals surface area contributed by atoms with Gasteiger partial charge in [-0.3, -0.25) is 4.79 Å². The Balaban J connectivity index is 1.96. The number of anilines is 1. The van der Waals surface area contributed by atoms with Gasteiger partial charge in [0.25, 0.3) is 0 Å². The number of carboxylic acids is 1. The van der Waals surface area contributed by atoms with E-state index in [9.17, 15) is 9.90 Å². The molecule has 1 N–H and O–H groups in total. The summed E-state index contributed by atoms with van der Waals surface area (Å²) in [6.07, 6.45) is 2.32. The van der Waals surface area contributed by atoms with Crippen molar-refractivity contribution in [1.82, 2.24) is 0 Å². The van der Waals surface area contributed by atoms with Crippen LogP contribution in [0.15, 0.2) is 41.8 Å². The van der Waals surface area contributed by atoms with Crippen LogP contribution >= 0.6 is 22.9 Å². The van der Waals surface area contributed by atoms with Crippen LogP contribution < -0.4 is 4.90 Å². The number of carboxylic acid groups (broad SMARTS) is 1. The Morgan fingerprint density at radius 3 is 2.57 bits per heavy atom. The van der Waals surface area contributed by atoms with E-state index in [1.54, 1.807) is 11.3 Å². The van der Waals surface area contributed by atoms with Gasteiger partial charge >= 0.3 is 5.97 Å². The van der Waals surface area contributed by atoms with Crippen molar-refractivity contribution in [1.29, 1.82) is 0 Å². The van der Waals surface area contributed by atoms with Crippen molar-refractivity contribution in [2.75, 3.05) is 11.4 Å². The highest BCUT2D eigenvalue weighted by Gasteiger charge is 2.37. The standard InChI is InChI=1S/C16H16ClNO2S/c17-12-5-7-13(8-6-12)18(10-15(19)20)16(11-3-4-11)14-2-1-9-21-14/h1-2,5-9,11,16H,3-4,10H2,(H,19,20). The number of aliphatic carboxylic acids is 1. The number of hydrogen-bond acceptors (Lipinski definition) is 3. The monoisotopic (exact) mass is 321 g/mol. The van der Waals surface area contributed by atoms with Crippen molar-refractivity contribution in [3.63, 3.8) is 0 Å². The van der Waals surface area contributed by atoms with E-state index in [4.69, 9.17) is 11.6 Å². The molecule has 1 atom stereocenters. The molecular formula is C16H16ClNO2S. The second-order valence-electron chi connectivity index (χ2n) is 5.30. The minimum absolute atomic E-state index is 0.000693. The first-order chi connectivity index (χ1) is 10.1. The summed E-state index contributed by atoms with van der Waals surface area (Å²) in [6.45, 7) is 0.000693. The third-order valence-corrected chi connectivity index (χ3v) is 4.90. The zero-order valence-electron chi connectivity index (χ0n) is 11.4. The second kappa shape index (κ2) is 6.08. The molecule has 0 spiro atoms. The van der Waals surface area contributed by atoms with E-state index in [0.717, 1.165) is 18.5 Å². The fourth-order valence-corrected chi connectivity index (χ4v) is 3.70. The summed E-state index contributed by atoms with van der Waals surface area (Å²) in [5, 5.41) is 12.0. The van der Waals surface area contributed by atoms with E-state index >= 15 is 0 Å². The van der Waals surface area contributed by atoms with Crippen molar-refractivity contribution in [3.8, 4) is 0 Å². The first kappa shape index (κ1) is 14.4. The topological polar surface area (TPSA) is 40.5 Å². The molecule has 1 unspecified atom stereocenters. The smallest absolute Gasteiger partial charge is 0.323 e. The molecule has 1 fully saturated rings. The van der Waals surface area contributed by atoms with Crippen LogP contribution in [0.3, 0.4) is 0 Å². The van der Waals surface area contributed by atoms with Crippen LogP contribution in [-0.4, -0.2) is 17.6 Å². The molecule has 5 heteroatoms. The van der Waals surface area contributed by atoms with Crippen molar-refractivity contribution in [2.45, 2.75) is 18.9 Å². The van der Waals surface area contributed by atoms with E-state index in [1.807, 2.05) is 40.6 Å². The molecule has 0 aliphatic heterocycles. The van der Waals surface area contributed by atoms with E-state index in [1.165, 1.54) is 4.88 Å². The highest BCUT2D eigenvalue weighted by molar-refractivity contribution is 7.10. The maximum Gasteiger partial charge on any atom is 0.323 e. The third-order valence-electron chi connectivity index (χ3n) is 3.70. The molecule has 3 rings (SSSR count). The highest BCUT2D eigenvalue weighted by atomic mass is 35.5. The summed E-state index contributed by atoms with van der Waals surface area (Å²) in [6, 6.07) is 11.7. The van der Waals surface area contributed by atoms with Gasteiger partial charge in [-0.2, -0.15) is 0 Å². The lowest BCUT2D eigenvalue weighted by molar-refractivity contribution is -0.135. The van der Waals surface area contributed by atoms with Gasteiger partial charge in [0.2, 0.25) is 0 Å². The number of hydrogen-bond donors (Lipinski definition) is 1. The Bertz CT molecular complexity index is 608. The van der Waals surface area contributed by atoms with Crippen LogP contribution in [0.2, 0.25) is 5.02 Å². The van der Waals surface area contributed by atoms with Crippen LogP contribution in [0.5, 0.6) is 0 Å². The quantitative estimate of drug-likeness (QED) is 0.854. The summed E-state index contributed by atoms with van der Waals surface area (Å²) >= 11 is 7.64. The Hall–Kier alpha value is -1.52. The Morgan fingerprint density at radius 1 is 1.33 bits per heavy atom. The third kappa shape index (κ3) is 3.39. The van der Waals surface area contributed by atoms with E-state index in [0.29, 0.717) is 10.9 Å². The zero-order valence-corrected chi connectivity index (χ0v) is 13.0. The van der Waals surface area contributed by atoms with Crippen LogP contribution in [0.25, 0.3) is 0 Å². The Labute approximate surface area is 132 Å². The summed E-state index contributed by atoms with van der Waals surface area (Å²) in [7, 11) is 0. The lowest BCUT2D eigenvalue weighted by atomic mass is 10.1. The first-order valence-corrected chi connectivity index (χ1v) is 8.18. The zero-order chi connectivity index (χ0) is 14.8. The van der Waals surface area contributed by atoms with Gasteiger partial charge in [-0.05, 0) is 54.5 Å². The van der Waals surface area contributed by atoms with Crippen LogP contribution in [-0.2, 0) is 4.79 Å². The van der Waals surface area contributed by atoms with Gasteiger partial charge in [-0.25, -0.2) is 0 Å². The first-order valence-electron chi connectivity index (χ1n) is 6.92. The number of halogens is 1. The Morgan fingerprint density at radius 2 is 2.05 bits per heavy atom. The number of thiophene rings is 1. The lowest BCUT2D eigenvalue weighted by Gasteiger charge is -2.32. The lowest BCUT2D eigenvalue weighted by Crippen LogP contribution is -2.34. The number of benzene rings is 1. The van der Waals surface area contributed by atoms with Gasteiger partial charge in [-0.1, -0.05) is 17.7 Å². The number of nitrogens with zero attached hydrogens (tertiary/aromatic N) is 1. The van der Waals surface area contributed by atoms with Crippen molar-refractivity contribution in [2.24, 2.45) is 5.92 Å². The molecule has 0 radical (unpaired) electrons. The van der Waals surface area contributed by atoms with Crippen molar-refractivity contribution < 1.29 is 9.90 Å². The largest absolute Gasteiger partial charge is 0.480 e. The number of rotatable bonds is 6. The molecule has 1 aliphatic carbocycles. The molecule has 3 nitrogen and oxygen atoms in total. The molecule has 1 aromatic heterocycles. The van der Waals surface area contributed by atoms with Crippen LogP contribution in [0.1, 0.15) is 23.8 Å². The minimum atomic E-state index is -0.813. The van der Waals surface area contributed by atoms with Gasteiger partial charge in [0, 0.05) is 15.6 Å². The average Bonchev–Trinajstić information content (AvgIpc) is 3.13. The molecule has 0 amide bonds. The Kier molecular flexibility index (Phi) is 4.17. The molecule has 1 aromatic carbocycles. The fourth-order valence-electron chi connectivity index (χ4n) is 2.64. The van der Waals surface area contributed by atoms with Gasteiger partial charge in [-0.15, -0.1) is 11.3 Å². The summed E-state index contributed by atoms with van der Waals surface area (Å²) in [5.41, 5.74) is 0.909. The van der Waals surface area contributed by atoms with Gasteiger partial charge < -0.3 is 10.0 Å². The molecule has 2 aromatic rings. The van der Waals surface area contributed by atoms with Crippen LogP contribution in [0.4, 0.5) is 5.69 Å². The summed E-state index contributed by atoms with van der Waals surface area (Å²) in [5.74, 6) is -0.272. The van der Waals surface area contributed by atoms with Gasteiger partial charge in [0.15, 0.2) is 0 Å². The van der Waals surface area contributed by atoms with E-state index in [-0.39, 0.29) is 12.6 Å². The maximum absolute atomic E-state index is 11.3. The van der Waals surface area contributed by atoms with Crippen molar-refractivity contribution >= 4 is 34.6 Å². The molecule has 21 heavy (non-hydrogen) atoms. The van der Waals surface area contributed by atoms with Crippen LogP contribution in [0, 0.1) is 5.92 Å². The summed E-state index contributed by atoms with van der Waals surface area (Å²) < 4.78 is 0. The molecule has 110 valence electrons. The second-order valence-corrected chi connectivity index (χ2v) is 6.71. The van der Waals surface area contributed by atoms with Gasteiger partial charge in [0.1, 0.15) is 6.54 Å². The minimum Gasteiger partial charge on any atom is -0.480 e. The molecular weight excluding hydrogens is 306 g/mol. The molecule has 1 saturated carbocycles. The fraction of sp³-hybridized carbons (Fsp3) is 0.312. The van der Waals surface area contributed by atoms with E-state index < -0.39 is 5.97 Å². The molecule has 0 bridgehead atoms. The normalized spacial score (nSPS) is 15.7. The highest BCUT2D eigenvalue weighted by Crippen LogP contribution is 2.47. The number of carbonyl (C=O) groups is 1. The van der Waals surface area contributed by atoms with E-state index in [2.05, 4.69) is 6.07 Å². The predicted octanol–water partition coefficient (Wildman–Crippen LogP) is 4.44. The molecule has 1 aliphatic rings.